The van der Waals surface area contributed by atoms with Gasteiger partial charge in [-0.3, -0.25) is 14.5 Å². The standard InChI is InChI=1S/C34H25N5O6/c1-37(2)24-18-12-23(13-19-24)35-29-27(20-6-4-3-5-7-20)28-30(38(32(29)41)25-14-8-21(9-15-25)33(42)43)36-39(31(28)40)26-16-10-22(11-17-26)34(44)45/h3-19H,1-2H3,(H,42,43)(H,44,45). The Balaban J connectivity index is 1.59. The Labute approximate surface area is 257 Å². The molecular formula is C34H25N5O6. The highest BCUT2D eigenvalue weighted by molar-refractivity contribution is 6.69. The van der Waals surface area contributed by atoms with E-state index in [1.165, 1.54) is 53.4 Å². The topological polar surface area (TPSA) is 143 Å². The van der Waals surface area contributed by atoms with E-state index in [0.717, 1.165) is 10.7 Å². The second-order valence-electron chi connectivity index (χ2n) is 10.4. The van der Waals surface area contributed by atoms with Crippen molar-refractivity contribution in [2.45, 2.75) is 0 Å². The van der Waals surface area contributed by atoms with Crippen LogP contribution >= 0.6 is 0 Å². The Morgan fingerprint density at radius 2 is 1.24 bits per heavy atom. The van der Waals surface area contributed by atoms with Crippen LogP contribution in [0.25, 0.3) is 5.57 Å². The zero-order valence-corrected chi connectivity index (χ0v) is 24.1. The summed E-state index contributed by atoms with van der Waals surface area (Å²) in [5.74, 6) is -3.36. The molecular weight excluding hydrogens is 574 g/mol. The number of amides is 2. The van der Waals surface area contributed by atoms with E-state index in [9.17, 15) is 29.4 Å². The molecule has 0 aliphatic carbocycles. The maximum Gasteiger partial charge on any atom is 0.335 e. The minimum absolute atomic E-state index is 0.00788. The molecule has 222 valence electrons. The summed E-state index contributed by atoms with van der Waals surface area (Å²) in [6, 6.07) is 27.5. The van der Waals surface area contributed by atoms with Gasteiger partial charge in [0.1, 0.15) is 5.71 Å². The number of carbonyl (C=O) groups excluding carboxylic acids is 2. The molecule has 2 N–H and O–H groups in total. The molecule has 0 fully saturated rings. The smallest absolute Gasteiger partial charge is 0.335 e. The summed E-state index contributed by atoms with van der Waals surface area (Å²) in [7, 11) is 3.81. The Morgan fingerprint density at radius 1 is 0.689 bits per heavy atom. The van der Waals surface area contributed by atoms with Crippen molar-refractivity contribution >= 4 is 63.6 Å². The Kier molecular flexibility index (Phi) is 7.27. The third kappa shape index (κ3) is 5.23. The van der Waals surface area contributed by atoms with Crippen LogP contribution in [0.3, 0.4) is 0 Å². The molecule has 0 spiro atoms. The second kappa shape index (κ2) is 11.4. The highest BCUT2D eigenvalue weighted by atomic mass is 16.4. The summed E-state index contributed by atoms with van der Waals surface area (Å²) in [4.78, 5) is 59.6. The van der Waals surface area contributed by atoms with Gasteiger partial charge in [0.05, 0.1) is 33.8 Å². The highest BCUT2D eigenvalue weighted by Gasteiger charge is 2.46. The fourth-order valence-corrected chi connectivity index (χ4v) is 5.05. The first-order valence-corrected chi connectivity index (χ1v) is 13.7. The zero-order chi connectivity index (χ0) is 31.8. The van der Waals surface area contributed by atoms with E-state index >= 15 is 0 Å². The number of nitrogens with zero attached hydrogens (tertiary/aromatic N) is 5. The first kappa shape index (κ1) is 28.7. The van der Waals surface area contributed by atoms with Crippen LogP contribution in [0.5, 0.6) is 0 Å². The van der Waals surface area contributed by atoms with Gasteiger partial charge in [-0.1, -0.05) is 30.3 Å². The molecule has 2 aliphatic rings. The molecule has 6 rings (SSSR count). The van der Waals surface area contributed by atoms with Gasteiger partial charge in [0.15, 0.2) is 5.84 Å². The number of carboxylic acids is 2. The van der Waals surface area contributed by atoms with Crippen LogP contribution in [0.4, 0.5) is 22.7 Å². The van der Waals surface area contributed by atoms with E-state index in [2.05, 4.69) is 5.10 Å². The fraction of sp³-hybridized carbons (Fsp3) is 0.0588. The highest BCUT2D eigenvalue weighted by Crippen LogP contribution is 2.38. The lowest BCUT2D eigenvalue weighted by molar-refractivity contribution is -0.114. The number of carbonyl (C=O) groups is 4. The number of rotatable bonds is 7. The van der Waals surface area contributed by atoms with Gasteiger partial charge in [-0.2, -0.15) is 5.01 Å². The van der Waals surface area contributed by atoms with Crippen molar-refractivity contribution in [2.24, 2.45) is 10.1 Å². The number of fused-ring (bicyclic) bond motifs is 1. The predicted octanol–water partition coefficient (Wildman–Crippen LogP) is 5.08. The molecule has 0 bridgehead atoms. The molecule has 2 amide bonds. The minimum atomic E-state index is -1.13. The van der Waals surface area contributed by atoms with Gasteiger partial charge in [-0.15, -0.1) is 5.10 Å². The first-order chi connectivity index (χ1) is 21.6. The number of amidine groups is 1. The van der Waals surface area contributed by atoms with E-state index in [0.29, 0.717) is 11.3 Å². The molecule has 2 heterocycles. The van der Waals surface area contributed by atoms with Gasteiger partial charge in [0.2, 0.25) is 0 Å². The first-order valence-electron chi connectivity index (χ1n) is 13.7. The molecule has 4 aromatic carbocycles. The molecule has 0 saturated carbocycles. The van der Waals surface area contributed by atoms with Gasteiger partial charge in [0, 0.05) is 25.4 Å². The predicted molar refractivity (Wildman–Crippen MR) is 170 cm³/mol. The van der Waals surface area contributed by atoms with E-state index < -0.39 is 23.8 Å². The van der Waals surface area contributed by atoms with Crippen molar-refractivity contribution in [1.82, 2.24) is 0 Å². The van der Waals surface area contributed by atoms with Crippen molar-refractivity contribution in [3.05, 3.63) is 125 Å². The molecule has 0 aromatic heterocycles. The van der Waals surface area contributed by atoms with Crippen LogP contribution < -0.4 is 14.8 Å². The molecule has 2 aliphatic heterocycles. The number of benzene rings is 4. The van der Waals surface area contributed by atoms with Crippen LogP contribution in [0, 0.1) is 0 Å². The lowest BCUT2D eigenvalue weighted by atomic mass is 9.89. The van der Waals surface area contributed by atoms with Gasteiger partial charge in [-0.05, 0) is 78.4 Å². The average Bonchev–Trinajstić information content (AvgIpc) is 3.38. The van der Waals surface area contributed by atoms with Crippen LogP contribution in [-0.4, -0.2) is 59.6 Å². The number of anilines is 3. The van der Waals surface area contributed by atoms with Crippen LogP contribution in [0.15, 0.2) is 119 Å². The number of aliphatic imine (C=N–C) groups is 1. The molecule has 11 nitrogen and oxygen atoms in total. The Hall–Kier alpha value is -6.36. The second-order valence-corrected chi connectivity index (χ2v) is 10.4. The van der Waals surface area contributed by atoms with Crippen molar-refractivity contribution in [2.75, 3.05) is 28.9 Å². The summed E-state index contributed by atoms with van der Waals surface area (Å²) in [6.07, 6.45) is 0. The van der Waals surface area contributed by atoms with E-state index in [4.69, 9.17) is 4.99 Å². The molecule has 0 radical (unpaired) electrons. The number of hydrazone groups is 1. The normalized spacial score (nSPS) is 15.3. The van der Waals surface area contributed by atoms with Crippen LogP contribution in [0.2, 0.25) is 0 Å². The monoisotopic (exact) mass is 599 g/mol. The average molecular weight is 600 g/mol. The summed E-state index contributed by atoms with van der Waals surface area (Å²) >= 11 is 0. The van der Waals surface area contributed by atoms with Gasteiger partial charge in [0.25, 0.3) is 11.8 Å². The summed E-state index contributed by atoms with van der Waals surface area (Å²) in [6.45, 7) is 0. The molecule has 0 unspecified atom stereocenters. The quantitative estimate of drug-likeness (QED) is 0.302. The number of aromatic carboxylic acids is 2. The number of hydrogen-bond donors (Lipinski definition) is 2. The third-order valence-electron chi connectivity index (χ3n) is 7.33. The van der Waals surface area contributed by atoms with Gasteiger partial charge >= 0.3 is 11.9 Å². The molecule has 4 aromatic rings. The number of carboxylic acid groups (broad SMARTS) is 2. The summed E-state index contributed by atoms with van der Waals surface area (Å²) in [5, 5.41) is 24.5. The number of hydrogen-bond acceptors (Lipinski definition) is 7. The summed E-state index contributed by atoms with van der Waals surface area (Å²) < 4.78 is 0. The van der Waals surface area contributed by atoms with Crippen molar-refractivity contribution in [1.29, 1.82) is 0 Å². The lowest BCUT2D eigenvalue weighted by Crippen LogP contribution is -2.47. The van der Waals surface area contributed by atoms with E-state index in [1.807, 2.05) is 37.2 Å². The molecule has 0 saturated heterocycles. The van der Waals surface area contributed by atoms with Crippen LogP contribution in [-0.2, 0) is 9.59 Å². The molecule has 11 heteroatoms. The van der Waals surface area contributed by atoms with Gasteiger partial charge < -0.3 is 15.1 Å². The molecule has 0 atom stereocenters. The van der Waals surface area contributed by atoms with Crippen molar-refractivity contribution in [3.8, 4) is 0 Å². The third-order valence-corrected chi connectivity index (χ3v) is 7.33. The van der Waals surface area contributed by atoms with E-state index in [-0.39, 0.29) is 45.2 Å². The van der Waals surface area contributed by atoms with Crippen molar-refractivity contribution < 1.29 is 29.4 Å². The lowest BCUT2D eigenvalue weighted by Gasteiger charge is -2.29. The van der Waals surface area contributed by atoms with E-state index in [1.54, 1.807) is 36.4 Å². The summed E-state index contributed by atoms with van der Waals surface area (Å²) in [5.41, 5.74) is 2.97. The van der Waals surface area contributed by atoms with Gasteiger partial charge in [-0.25, -0.2) is 14.6 Å². The zero-order valence-electron chi connectivity index (χ0n) is 24.1. The maximum absolute atomic E-state index is 14.5. The largest absolute Gasteiger partial charge is 0.478 e. The van der Waals surface area contributed by atoms with Crippen molar-refractivity contribution in [3.63, 3.8) is 0 Å². The fourth-order valence-electron chi connectivity index (χ4n) is 5.05. The molecule has 45 heavy (non-hydrogen) atoms. The Bertz CT molecular complexity index is 1950. The maximum atomic E-state index is 14.5. The van der Waals surface area contributed by atoms with Crippen LogP contribution in [0.1, 0.15) is 26.3 Å². The SMILES string of the molecule is CN(C)c1ccc(N=C2C(=O)N(c3ccc(C(=O)O)cc3)C3=NN(c4ccc(C(=O)O)cc4)C(=O)C3=C2c2ccccc2)cc1. The Morgan fingerprint density at radius 3 is 1.78 bits per heavy atom. The minimum Gasteiger partial charge on any atom is -0.478 e.